The van der Waals surface area contributed by atoms with Gasteiger partial charge in [0.2, 0.25) is 5.91 Å². The maximum absolute atomic E-state index is 12.4. The number of nitrogens with one attached hydrogen (secondary N) is 1. The largest absolute Gasteiger partial charge is 0.341 e. The summed E-state index contributed by atoms with van der Waals surface area (Å²) in [6, 6.07) is 5.50. The van der Waals surface area contributed by atoms with Gasteiger partial charge in [-0.25, -0.2) is 0 Å². The summed E-state index contributed by atoms with van der Waals surface area (Å²) in [6.45, 7) is 4.88. The summed E-state index contributed by atoms with van der Waals surface area (Å²) in [4.78, 5) is 14.2. The van der Waals surface area contributed by atoms with Crippen molar-refractivity contribution in [3.63, 3.8) is 0 Å². The fourth-order valence-electron chi connectivity index (χ4n) is 2.96. The first-order valence-electron chi connectivity index (χ1n) is 7.86. The summed E-state index contributed by atoms with van der Waals surface area (Å²) in [5.41, 5.74) is 0.997. The van der Waals surface area contributed by atoms with Gasteiger partial charge in [-0.2, -0.15) is 0 Å². The topological polar surface area (TPSA) is 32.3 Å². The number of amides is 1. The van der Waals surface area contributed by atoms with Gasteiger partial charge in [0.1, 0.15) is 0 Å². The monoisotopic (exact) mass is 378 g/mol. The molecule has 1 heterocycles. The molecule has 2 unspecified atom stereocenters. The summed E-state index contributed by atoms with van der Waals surface area (Å²) in [6.07, 6.45) is 3.03. The third kappa shape index (κ3) is 6.15. The molecule has 0 bridgehead atoms. The highest BCUT2D eigenvalue weighted by molar-refractivity contribution is 6.42. The van der Waals surface area contributed by atoms with Crippen LogP contribution in [0.2, 0.25) is 10.0 Å². The number of hydrogen-bond acceptors (Lipinski definition) is 2. The fraction of sp³-hybridized carbons (Fsp3) is 0.588. The van der Waals surface area contributed by atoms with Crippen molar-refractivity contribution >= 4 is 41.5 Å². The Bertz CT molecular complexity index is 519. The van der Waals surface area contributed by atoms with E-state index in [0.717, 1.165) is 18.7 Å². The number of piperidine rings is 1. The molecule has 3 nitrogen and oxygen atoms in total. The Morgan fingerprint density at radius 1 is 1.39 bits per heavy atom. The lowest BCUT2D eigenvalue weighted by Crippen LogP contribution is -2.36. The van der Waals surface area contributed by atoms with E-state index in [1.807, 2.05) is 19.2 Å². The van der Waals surface area contributed by atoms with Crippen LogP contribution >= 0.6 is 35.6 Å². The molecule has 1 N–H and O–H groups in total. The molecule has 0 aromatic heterocycles. The van der Waals surface area contributed by atoms with Crippen LogP contribution in [0.5, 0.6) is 0 Å². The van der Waals surface area contributed by atoms with Gasteiger partial charge in [0, 0.05) is 20.0 Å². The Morgan fingerprint density at radius 2 is 2.13 bits per heavy atom. The molecule has 130 valence electrons. The molecule has 6 heteroatoms. The minimum absolute atomic E-state index is 0. The maximum Gasteiger partial charge on any atom is 0.222 e. The average Bonchev–Trinajstić information content (AvgIpc) is 2.51. The van der Waals surface area contributed by atoms with Gasteiger partial charge < -0.3 is 10.2 Å². The zero-order valence-corrected chi connectivity index (χ0v) is 16.0. The van der Waals surface area contributed by atoms with E-state index in [1.165, 1.54) is 12.8 Å². The zero-order valence-electron chi connectivity index (χ0n) is 13.6. The molecule has 1 fully saturated rings. The van der Waals surface area contributed by atoms with E-state index in [2.05, 4.69) is 12.2 Å². The van der Waals surface area contributed by atoms with Gasteiger partial charge in [0.05, 0.1) is 10.0 Å². The molecule has 0 radical (unpaired) electrons. The Kier molecular flexibility index (Phi) is 8.70. The van der Waals surface area contributed by atoms with Crippen LogP contribution in [0.4, 0.5) is 0 Å². The van der Waals surface area contributed by atoms with Crippen LogP contribution in [0.15, 0.2) is 18.2 Å². The van der Waals surface area contributed by atoms with Gasteiger partial charge in [-0.1, -0.05) is 36.2 Å². The van der Waals surface area contributed by atoms with E-state index in [1.54, 1.807) is 11.0 Å². The van der Waals surface area contributed by atoms with E-state index in [-0.39, 0.29) is 18.3 Å². The minimum atomic E-state index is 0. The lowest BCUT2D eigenvalue weighted by atomic mass is 9.85. The highest BCUT2D eigenvalue weighted by Gasteiger charge is 2.23. The van der Waals surface area contributed by atoms with Crippen LogP contribution in [0.25, 0.3) is 0 Å². The lowest BCUT2D eigenvalue weighted by Gasteiger charge is -2.29. The number of hydrogen-bond donors (Lipinski definition) is 1. The molecule has 1 amide bonds. The molecule has 0 saturated carbocycles. The molecule has 0 aliphatic carbocycles. The molecular weight excluding hydrogens is 355 g/mol. The third-order valence-corrected chi connectivity index (χ3v) is 5.20. The second kappa shape index (κ2) is 9.73. The molecule has 2 atom stereocenters. The van der Waals surface area contributed by atoms with Crippen molar-refractivity contribution in [1.29, 1.82) is 0 Å². The first-order chi connectivity index (χ1) is 10.5. The second-order valence-corrected chi connectivity index (χ2v) is 7.10. The first kappa shape index (κ1) is 20.6. The molecule has 0 spiro atoms. The highest BCUT2D eigenvalue weighted by Crippen LogP contribution is 2.25. The molecule has 23 heavy (non-hydrogen) atoms. The summed E-state index contributed by atoms with van der Waals surface area (Å²) in [5, 5.41) is 4.49. The second-order valence-electron chi connectivity index (χ2n) is 6.29. The molecule has 1 aliphatic rings. The number of nitrogens with zero attached hydrogens (tertiary/aromatic N) is 1. The Labute approximate surface area is 155 Å². The SMILES string of the molecule is CC(CC(=O)N(C)Cc1ccc(Cl)c(Cl)c1)C1CCCNC1.Cl. The Hall–Kier alpha value is -0.480. The van der Waals surface area contributed by atoms with Crippen molar-refractivity contribution in [2.45, 2.75) is 32.7 Å². The van der Waals surface area contributed by atoms with Crippen molar-refractivity contribution < 1.29 is 4.79 Å². The van der Waals surface area contributed by atoms with Crippen molar-refractivity contribution in [1.82, 2.24) is 10.2 Å². The smallest absolute Gasteiger partial charge is 0.222 e. The molecule has 1 aliphatic heterocycles. The first-order valence-corrected chi connectivity index (χ1v) is 8.61. The normalized spacial score (nSPS) is 18.9. The average molecular weight is 380 g/mol. The fourth-order valence-corrected chi connectivity index (χ4v) is 3.28. The lowest BCUT2D eigenvalue weighted by molar-refractivity contribution is -0.131. The quantitative estimate of drug-likeness (QED) is 0.822. The summed E-state index contributed by atoms with van der Waals surface area (Å²) < 4.78 is 0. The molecule has 1 aromatic rings. The summed E-state index contributed by atoms with van der Waals surface area (Å²) >= 11 is 11.9. The molecule has 2 rings (SSSR count). The van der Waals surface area contributed by atoms with Gasteiger partial charge in [-0.05, 0) is 55.5 Å². The number of benzene rings is 1. The number of carbonyl (C=O) groups excluding carboxylic acids is 1. The van der Waals surface area contributed by atoms with E-state index >= 15 is 0 Å². The van der Waals surface area contributed by atoms with Crippen LogP contribution in [-0.2, 0) is 11.3 Å². The molecular formula is C17H25Cl3N2O. The predicted octanol–water partition coefficient (Wildman–Crippen LogP) is 4.40. The predicted molar refractivity (Wildman–Crippen MR) is 99.6 cm³/mol. The number of rotatable bonds is 5. The van der Waals surface area contributed by atoms with Crippen LogP contribution < -0.4 is 5.32 Å². The summed E-state index contributed by atoms with van der Waals surface area (Å²) in [7, 11) is 1.84. The standard InChI is InChI=1S/C17H24Cl2N2O.ClH/c1-12(14-4-3-7-20-10-14)8-17(22)21(2)11-13-5-6-15(18)16(19)9-13;/h5-6,9,12,14,20H,3-4,7-8,10-11H2,1-2H3;1H. The molecule has 1 saturated heterocycles. The van der Waals surface area contributed by atoms with Crippen LogP contribution in [-0.4, -0.2) is 30.9 Å². The van der Waals surface area contributed by atoms with E-state index < -0.39 is 0 Å². The van der Waals surface area contributed by atoms with Gasteiger partial charge in [-0.15, -0.1) is 12.4 Å². The van der Waals surface area contributed by atoms with E-state index in [4.69, 9.17) is 23.2 Å². The minimum Gasteiger partial charge on any atom is -0.341 e. The Morgan fingerprint density at radius 3 is 2.74 bits per heavy atom. The zero-order chi connectivity index (χ0) is 16.1. The van der Waals surface area contributed by atoms with Crippen molar-refractivity contribution in [3.8, 4) is 0 Å². The van der Waals surface area contributed by atoms with Crippen LogP contribution in [0.3, 0.4) is 0 Å². The van der Waals surface area contributed by atoms with Crippen molar-refractivity contribution in [2.75, 3.05) is 20.1 Å². The van der Waals surface area contributed by atoms with Gasteiger partial charge in [0.25, 0.3) is 0 Å². The van der Waals surface area contributed by atoms with Crippen molar-refractivity contribution in [3.05, 3.63) is 33.8 Å². The Balaban J connectivity index is 0.00000264. The highest BCUT2D eigenvalue weighted by atomic mass is 35.5. The molecule has 1 aromatic carbocycles. The van der Waals surface area contributed by atoms with Crippen LogP contribution in [0, 0.1) is 11.8 Å². The number of halogens is 3. The van der Waals surface area contributed by atoms with Crippen LogP contribution in [0.1, 0.15) is 31.7 Å². The van der Waals surface area contributed by atoms with Gasteiger partial charge in [0.15, 0.2) is 0 Å². The summed E-state index contributed by atoms with van der Waals surface area (Å²) in [5.74, 6) is 1.21. The van der Waals surface area contributed by atoms with Crippen molar-refractivity contribution in [2.24, 2.45) is 11.8 Å². The maximum atomic E-state index is 12.4. The van der Waals surface area contributed by atoms with Gasteiger partial charge in [-0.3, -0.25) is 4.79 Å². The van der Waals surface area contributed by atoms with E-state index in [9.17, 15) is 4.79 Å². The van der Waals surface area contributed by atoms with E-state index in [0.29, 0.717) is 34.8 Å². The van der Waals surface area contributed by atoms with Gasteiger partial charge >= 0.3 is 0 Å². The third-order valence-electron chi connectivity index (χ3n) is 4.47. The number of carbonyl (C=O) groups is 1.